The topological polar surface area (TPSA) is 29.1 Å². The Kier molecular flexibility index (Phi) is 4.17. The first-order valence-corrected chi connectivity index (χ1v) is 4.98. The molecule has 1 aromatic rings. The van der Waals surface area contributed by atoms with Gasteiger partial charge in [-0.2, -0.15) is 0 Å². The van der Waals surface area contributed by atoms with E-state index in [0.717, 1.165) is 12.8 Å². The molecule has 0 aliphatic rings. The van der Waals surface area contributed by atoms with Crippen molar-refractivity contribution in [2.24, 2.45) is 5.92 Å². The van der Waals surface area contributed by atoms with Crippen molar-refractivity contribution in [2.75, 3.05) is 0 Å². The highest BCUT2D eigenvalue weighted by molar-refractivity contribution is 5.47. The molecule has 0 saturated carbocycles. The highest BCUT2D eigenvalue weighted by Crippen LogP contribution is 2.20. The van der Waals surface area contributed by atoms with Crippen LogP contribution < -0.4 is 5.32 Å². The molecule has 0 radical (unpaired) electrons. The normalized spacial score (nSPS) is 12.5. The second-order valence-corrected chi connectivity index (χ2v) is 3.88. The van der Waals surface area contributed by atoms with Crippen LogP contribution in [-0.2, 0) is 4.79 Å². The Hall–Kier alpha value is -1.31. The van der Waals surface area contributed by atoms with Crippen molar-refractivity contribution < 1.29 is 4.79 Å². The van der Waals surface area contributed by atoms with E-state index in [-0.39, 0.29) is 6.04 Å². The van der Waals surface area contributed by atoms with Crippen LogP contribution in [0, 0.1) is 5.92 Å². The molecule has 0 bridgehead atoms. The van der Waals surface area contributed by atoms with E-state index in [9.17, 15) is 4.79 Å². The molecule has 14 heavy (non-hydrogen) atoms. The molecule has 0 heterocycles. The molecule has 2 nitrogen and oxygen atoms in total. The first kappa shape index (κ1) is 10.8. The van der Waals surface area contributed by atoms with Crippen LogP contribution in [0.25, 0.3) is 0 Å². The van der Waals surface area contributed by atoms with Crippen molar-refractivity contribution in [3.63, 3.8) is 0 Å². The zero-order valence-electron chi connectivity index (χ0n) is 8.73. The summed E-state index contributed by atoms with van der Waals surface area (Å²) >= 11 is 0. The Balaban J connectivity index is 2.72. The van der Waals surface area contributed by atoms with Gasteiger partial charge in [-0.15, -0.1) is 0 Å². The number of benzene rings is 1. The third-order valence-electron chi connectivity index (χ3n) is 2.18. The van der Waals surface area contributed by atoms with Gasteiger partial charge in [0.2, 0.25) is 6.41 Å². The van der Waals surface area contributed by atoms with Crippen molar-refractivity contribution in [2.45, 2.75) is 26.3 Å². The van der Waals surface area contributed by atoms with Crippen molar-refractivity contribution >= 4 is 6.41 Å². The van der Waals surface area contributed by atoms with E-state index in [0.29, 0.717) is 5.92 Å². The van der Waals surface area contributed by atoms with Crippen LogP contribution in [0.3, 0.4) is 0 Å². The molecule has 0 aromatic heterocycles. The molecule has 2 heteroatoms. The lowest BCUT2D eigenvalue weighted by Gasteiger charge is -2.18. The van der Waals surface area contributed by atoms with E-state index in [1.807, 2.05) is 30.3 Å². The number of rotatable bonds is 5. The van der Waals surface area contributed by atoms with Crippen LogP contribution in [0.15, 0.2) is 30.3 Å². The summed E-state index contributed by atoms with van der Waals surface area (Å²) in [4.78, 5) is 10.5. The molecule has 1 rings (SSSR count). The minimum atomic E-state index is 0.147. The largest absolute Gasteiger partial charge is 0.352 e. The molecular weight excluding hydrogens is 174 g/mol. The summed E-state index contributed by atoms with van der Waals surface area (Å²) in [5, 5.41) is 2.85. The molecule has 1 amide bonds. The van der Waals surface area contributed by atoms with Gasteiger partial charge >= 0.3 is 0 Å². The molecular formula is C12H17NO. The predicted octanol–water partition coefficient (Wildman–Crippen LogP) is 2.52. The zero-order chi connectivity index (χ0) is 10.4. The van der Waals surface area contributed by atoms with E-state index < -0.39 is 0 Å². The van der Waals surface area contributed by atoms with E-state index in [1.165, 1.54) is 5.56 Å². The maximum atomic E-state index is 10.5. The van der Waals surface area contributed by atoms with Gasteiger partial charge in [0.1, 0.15) is 0 Å². The number of hydrogen-bond donors (Lipinski definition) is 1. The highest BCUT2D eigenvalue weighted by atomic mass is 16.1. The van der Waals surface area contributed by atoms with Gasteiger partial charge in [-0.1, -0.05) is 44.2 Å². The van der Waals surface area contributed by atoms with Crippen LogP contribution in [-0.4, -0.2) is 6.41 Å². The number of carbonyl (C=O) groups is 1. The van der Waals surface area contributed by atoms with Gasteiger partial charge in [-0.3, -0.25) is 4.79 Å². The summed E-state index contributed by atoms with van der Waals surface area (Å²) in [5.41, 5.74) is 1.17. The number of hydrogen-bond acceptors (Lipinski definition) is 1. The summed E-state index contributed by atoms with van der Waals surface area (Å²) in [5.74, 6) is 0.577. The van der Waals surface area contributed by atoms with Gasteiger partial charge in [0, 0.05) is 0 Å². The molecule has 0 aliphatic heterocycles. The standard InChI is InChI=1S/C12H17NO/c1-10(2)8-12(13-9-14)11-6-4-3-5-7-11/h3-7,9-10,12H,8H2,1-2H3,(H,13,14)/t12-/m0/s1. The van der Waals surface area contributed by atoms with Gasteiger partial charge in [-0.25, -0.2) is 0 Å². The summed E-state index contributed by atoms with van der Waals surface area (Å²) in [7, 11) is 0. The maximum Gasteiger partial charge on any atom is 0.207 e. The molecule has 0 saturated heterocycles. The first-order chi connectivity index (χ1) is 6.74. The van der Waals surface area contributed by atoms with Crippen LogP contribution in [0.4, 0.5) is 0 Å². The van der Waals surface area contributed by atoms with E-state index in [2.05, 4.69) is 19.2 Å². The Morgan fingerprint density at radius 3 is 2.43 bits per heavy atom. The van der Waals surface area contributed by atoms with Gasteiger partial charge in [0.25, 0.3) is 0 Å². The molecule has 1 N–H and O–H groups in total. The molecule has 0 fully saturated rings. The van der Waals surface area contributed by atoms with E-state index >= 15 is 0 Å². The number of amides is 1. The number of carbonyl (C=O) groups excluding carboxylic acids is 1. The fourth-order valence-electron chi connectivity index (χ4n) is 1.54. The minimum absolute atomic E-state index is 0.147. The molecule has 76 valence electrons. The van der Waals surface area contributed by atoms with Crippen LogP contribution in [0.1, 0.15) is 31.9 Å². The zero-order valence-corrected chi connectivity index (χ0v) is 8.73. The van der Waals surface area contributed by atoms with Gasteiger partial charge in [0.05, 0.1) is 6.04 Å². The fraction of sp³-hybridized carbons (Fsp3) is 0.417. The molecule has 1 atom stereocenters. The van der Waals surface area contributed by atoms with Crippen molar-refractivity contribution in [1.82, 2.24) is 5.32 Å². The molecule has 0 unspecified atom stereocenters. The lowest BCUT2D eigenvalue weighted by atomic mass is 9.97. The van der Waals surface area contributed by atoms with Crippen molar-refractivity contribution in [1.29, 1.82) is 0 Å². The lowest BCUT2D eigenvalue weighted by Crippen LogP contribution is -2.20. The average Bonchev–Trinajstić information content (AvgIpc) is 2.18. The third-order valence-corrected chi connectivity index (χ3v) is 2.18. The van der Waals surface area contributed by atoms with Crippen molar-refractivity contribution in [3.05, 3.63) is 35.9 Å². The van der Waals surface area contributed by atoms with E-state index in [4.69, 9.17) is 0 Å². The summed E-state index contributed by atoms with van der Waals surface area (Å²) < 4.78 is 0. The molecule has 0 aliphatic carbocycles. The quantitative estimate of drug-likeness (QED) is 0.712. The Labute approximate surface area is 85.3 Å². The Bertz CT molecular complexity index is 269. The Morgan fingerprint density at radius 1 is 1.29 bits per heavy atom. The molecule has 0 spiro atoms. The SMILES string of the molecule is CC(C)C[C@H](NC=O)c1ccccc1. The smallest absolute Gasteiger partial charge is 0.207 e. The highest BCUT2D eigenvalue weighted by Gasteiger charge is 2.11. The third kappa shape index (κ3) is 3.21. The average molecular weight is 191 g/mol. The monoisotopic (exact) mass is 191 g/mol. The van der Waals surface area contributed by atoms with Crippen molar-refractivity contribution in [3.8, 4) is 0 Å². The predicted molar refractivity (Wildman–Crippen MR) is 57.8 cm³/mol. The second kappa shape index (κ2) is 5.43. The fourth-order valence-corrected chi connectivity index (χ4v) is 1.54. The summed E-state index contributed by atoms with van der Waals surface area (Å²) in [6, 6.07) is 10.2. The van der Waals surface area contributed by atoms with Gasteiger partial charge in [0.15, 0.2) is 0 Å². The maximum absolute atomic E-state index is 10.5. The van der Waals surface area contributed by atoms with Gasteiger partial charge in [-0.05, 0) is 17.9 Å². The first-order valence-electron chi connectivity index (χ1n) is 4.98. The van der Waals surface area contributed by atoms with Crippen LogP contribution >= 0.6 is 0 Å². The lowest BCUT2D eigenvalue weighted by molar-refractivity contribution is -0.110. The molecule has 1 aromatic carbocycles. The summed E-state index contributed by atoms with van der Waals surface area (Å²) in [6.07, 6.45) is 1.75. The van der Waals surface area contributed by atoms with Crippen LogP contribution in [0.5, 0.6) is 0 Å². The summed E-state index contributed by atoms with van der Waals surface area (Å²) in [6.45, 7) is 4.31. The van der Waals surface area contributed by atoms with Crippen LogP contribution in [0.2, 0.25) is 0 Å². The number of nitrogens with one attached hydrogen (secondary N) is 1. The van der Waals surface area contributed by atoms with E-state index in [1.54, 1.807) is 0 Å². The minimum Gasteiger partial charge on any atom is -0.352 e. The Morgan fingerprint density at radius 2 is 1.93 bits per heavy atom. The second-order valence-electron chi connectivity index (χ2n) is 3.88. The van der Waals surface area contributed by atoms with Gasteiger partial charge < -0.3 is 5.32 Å².